The van der Waals surface area contributed by atoms with Crippen molar-refractivity contribution >= 4 is 16.9 Å². The molecule has 0 spiro atoms. The number of carbonyl (C=O) groups is 1. The topological polar surface area (TPSA) is 77.7 Å². The van der Waals surface area contributed by atoms with Gasteiger partial charge in [-0.25, -0.2) is 9.97 Å². The van der Waals surface area contributed by atoms with Gasteiger partial charge in [0.15, 0.2) is 0 Å². The molecule has 6 nitrogen and oxygen atoms in total. The quantitative estimate of drug-likeness (QED) is 0.681. The lowest BCUT2D eigenvalue weighted by Gasteiger charge is -2.29. The van der Waals surface area contributed by atoms with Gasteiger partial charge in [0.2, 0.25) is 0 Å². The van der Waals surface area contributed by atoms with E-state index in [1.165, 1.54) is 11.2 Å². The summed E-state index contributed by atoms with van der Waals surface area (Å²) < 4.78 is 38.2. The second kappa shape index (κ2) is 7.29. The number of nitrogens with one attached hydrogen (secondary N) is 2. The zero-order valence-electron chi connectivity index (χ0n) is 15.1. The Balaban J connectivity index is 1.60. The third-order valence-corrected chi connectivity index (χ3v) is 5.20. The van der Waals surface area contributed by atoms with Crippen molar-refractivity contribution in [2.24, 2.45) is 0 Å². The standard InChI is InChI=1S/C19H20F3N5O/c20-19(21,22)6-8-27(13-3-1-2-4-13)18(28)15-9-12(10-24-15)16-14-5-7-23-17(14)26-11-25-16/h5,7,9-11,13,24H,1-4,6,8H2,(H,23,25,26). The molecule has 0 radical (unpaired) electrons. The first-order chi connectivity index (χ1) is 13.4. The number of alkyl halides is 3. The number of amides is 1. The van der Waals surface area contributed by atoms with Crippen LogP contribution < -0.4 is 0 Å². The van der Waals surface area contributed by atoms with Crippen molar-refractivity contribution in [3.8, 4) is 11.3 Å². The molecule has 0 aliphatic heterocycles. The lowest BCUT2D eigenvalue weighted by molar-refractivity contribution is -0.137. The Morgan fingerprint density at radius 2 is 2.00 bits per heavy atom. The molecule has 0 aromatic carbocycles. The van der Waals surface area contributed by atoms with Crippen LogP contribution in [0.5, 0.6) is 0 Å². The SMILES string of the molecule is O=C(c1cc(-c2ncnc3[nH]ccc23)c[nH]1)N(CCC(F)(F)F)C1CCCC1. The maximum absolute atomic E-state index is 13.0. The summed E-state index contributed by atoms with van der Waals surface area (Å²) in [5.74, 6) is -0.401. The number of hydrogen-bond donors (Lipinski definition) is 2. The summed E-state index contributed by atoms with van der Waals surface area (Å²) in [6, 6.07) is 3.34. The molecule has 2 N–H and O–H groups in total. The lowest BCUT2D eigenvalue weighted by Crippen LogP contribution is -2.41. The molecule has 148 valence electrons. The average Bonchev–Trinajstić information content (AvgIpc) is 3.40. The van der Waals surface area contributed by atoms with Crippen LogP contribution >= 0.6 is 0 Å². The van der Waals surface area contributed by atoms with Crippen molar-refractivity contribution in [3.63, 3.8) is 0 Å². The number of aromatic amines is 2. The fourth-order valence-electron chi connectivity index (χ4n) is 3.82. The van der Waals surface area contributed by atoms with E-state index in [0.717, 1.165) is 31.1 Å². The molecule has 1 fully saturated rings. The lowest BCUT2D eigenvalue weighted by atomic mass is 10.1. The van der Waals surface area contributed by atoms with Crippen LogP contribution in [0, 0.1) is 0 Å². The molecule has 0 bridgehead atoms. The summed E-state index contributed by atoms with van der Waals surface area (Å²) in [5.41, 5.74) is 2.30. The monoisotopic (exact) mass is 391 g/mol. The molecule has 3 aromatic heterocycles. The summed E-state index contributed by atoms with van der Waals surface area (Å²) in [6.07, 6.45) is 2.89. The number of fused-ring (bicyclic) bond motifs is 1. The number of hydrogen-bond acceptors (Lipinski definition) is 3. The van der Waals surface area contributed by atoms with Crippen molar-refractivity contribution in [2.45, 2.75) is 44.3 Å². The zero-order valence-corrected chi connectivity index (χ0v) is 15.1. The molecule has 28 heavy (non-hydrogen) atoms. The maximum atomic E-state index is 13.0. The van der Waals surface area contributed by atoms with Crippen molar-refractivity contribution in [1.82, 2.24) is 24.8 Å². The molecule has 1 saturated carbocycles. The summed E-state index contributed by atoms with van der Waals surface area (Å²) in [6.45, 7) is -0.323. The van der Waals surface area contributed by atoms with Crippen molar-refractivity contribution in [2.75, 3.05) is 6.54 Å². The van der Waals surface area contributed by atoms with E-state index < -0.39 is 18.5 Å². The Morgan fingerprint density at radius 3 is 2.75 bits per heavy atom. The molecule has 1 aliphatic carbocycles. The number of aromatic nitrogens is 4. The Bertz CT molecular complexity index is 971. The third kappa shape index (κ3) is 3.74. The predicted octanol–water partition coefficient (Wildman–Crippen LogP) is 4.29. The first kappa shape index (κ1) is 18.5. The molecular formula is C19H20F3N5O. The first-order valence-electron chi connectivity index (χ1n) is 9.27. The number of H-pyrrole nitrogens is 2. The van der Waals surface area contributed by atoms with Gasteiger partial charge in [-0.15, -0.1) is 0 Å². The van der Waals surface area contributed by atoms with Crippen LogP contribution in [0.15, 0.2) is 30.9 Å². The van der Waals surface area contributed by atoms with Crippen molar-refractivity contribution < 1.29 is 18.0 Å². The molecule has 3 aromatic rings. The second-order valence-corrected chi connectivity index (χ2v) is 7.07. The number of halogens is 3. The van der Waals surface area contributed by atoms with Crippen LogP contribution in [0.4, 0.5) is 13.2 Å². The number of rotatable bonds is 5. The van der Waals surface area contributed by atoms with Crippen LogP contribution in [0.25, 0.3) is 22.3 Å². The van der Waals surface area contributed by atoms with Crippen molar-refractivity contribution in [1.29, 1.82) is 0 Å². The molecule has 0 atom stereocenters. The summed E-state index contributed by atoms with van der Waals surface area (Å²) >= 11 is 0. The van der Waals surface area contributed by atoms with Crippen LogP contribution in [-0.2, 0) is 0 Å². The Labute approximate surface area is 159 Å². The van der Waals surface area contributed by atoms with Gasteiger partial charge in [0.1, 0.15) is 17.7 Å². The highest BCUT2D eigenvalue weighted by Gasteiger charge is 2.33. The second-order valence-electron chi connectivity index (χ2n) is 7.07. The van der Waals surface area contributed by atoms with Crippen LogP contribution in [0.3, 0.4) is 0 Å². The highest BCUT2D eigenvalue weighted by molar-refractivity contribution is 5.96. The molecule has 1 amide bonds. The Hall–Kier alpha value is -2.84. The smallest absolute Gasteiger partial charge is 0.357 e. The molecular weight excluding hydrogens is 371 g/mol. The molecule has 1 aliphatic rings. The minimum Gasteiger partial charge on any atom is -0.357 e. The normalized spacial score (nSPS) is 15.4. The van der Waals surface area contributed by atoms with Crippen LogP contribution in [0.2, 0.25) is 0 Å². The largest absolute Gasteiger partial charge is 0.390 e. The zero-order chi connectivity index (χ0) is 19.7. The highest BCUT2D eigenvalue weighted by Crippen LogP contribution is 2.29. The first-order valence-corrected chi connectivity index (χ1v) is 9.27. The summed E-state index contributed by atoms with van der Waals surface area (Å²) in [5, 5.41) is 0.810. The van der Waals surface area contributed by atoms with Gasteiger partial charge in [-0.1, -0.05) is 12.8 Å². The fourth-order valence-corrected chi connectivity index (χ4v) is 3.82. The highest BCUT2D eigenvalue weighted by atomic mass is 19.4. The van der Waals surface area contributed by atoms with Gasteiger partial charge in [0, 0.05) is 35.9 Å². The molecule has 9 heteroatoms. The van der Waals surface area contributed by atoms with E-state index in [9.17, 15) is 18.0 Å². The van der Waals surface area contributed by atoms with Gasteiger partial charge < -0.3 is 14.9 Å². The van der Waals surface area contributed by atoms with Gasteiger partial charge in [-0.05, 0) is 25.0 Å². The van der Waals surface area contributed by atoms with Crippen molar-refractivity contribution in [3.05, 3.63) is 36.5 Å². The van der Waals surface area contributed by atoms with Gasteiger partial charge in [-0.2, -0.15) is 13.2 Å². The van der Waals surface area contributed by atoms with Gasteiger partial charge >= 0.3 is 6.18 Å². The van der Waals surface area contributed by atoms with Gasteiger partial charge in [0.05, 0.1) is 12.1 Å². The van der Waals surface area contributed by atoms with E-state index in [0.29, 0.717) is 16.9 Å². The predicted molar refractivity (Wildman–Crippen MR) is 97.6 cm³/mol. The van der Waals surface area contributed by atoms with Gasteiger partial charge in [-0.3, -0.25) is 4.79 Å². The molecule has 4 rings (SSSR count). The van der Waals surface area contributed by atoms with E-state index in [1.807, 2.05) is 6.07 Å². The van der Waals surface area contributed by atoms with Gasteiger partial charge in [0.25, 0.3) is 5.91 Å². The van der Waals surface area contributed by atoms with E-state index >= 15 is 0 Å². The number of nitrogens with zero attached hydrogens (tertiary/aromatic N) is 3. The average molecular weight is 391 g/mol. The Kier molecular flexibility index (Phi) is 4.82. The van der Waals surface area contributed by atoms with E-state index in [-0.39, 0.29) is 18.3 Å². The minimum absolute atomic E-state index is 0.142. The molecule has 3 heterocycles. The summed E-state index contributed by atoms with van der Waals surface area (Å²) in [7, 11) is 0. The minimum atomic E-state index is -4.29. The van der Waals surface area contributed by atoms with Crippen LogP contribution in [0.1, 0.15) is 42.6 Å². The fraction of sp³-hybridized carbons (Fsp3) is 0.421. The Morgan fingerprint density at radius 1 is 1.21 bits per heavy atom. The third-order valence-electron chi connectivity index (χ3n) is 5.20. The van der Waals surface area contributed by atoms with E-state index in [2.05, 4.69) is 19.9 Å². The maximum Gasteiger partial charge on any atom is 0.390 e. The van der Waals surface area contributed by atoms with Crippen LogP contribution in [-0.4, -0.2) is 49.5 Å². The van der Waals surface area contributed by atoms with E-state index in [4.69, 9.17) is 0 Å². The van der Waals surface area contributed by atoms with E-state index in [1.54, 1.807) is 18.5 Å². The molecule has 0 saturated heterocycles. The number of carbonyl (C=O) groups excluding carboxylic acids is 1. The molecule has 0 unspecified atom stereocenters. The summed E-state index contributed by atoms with van der Waals surface area (Å²) in [4.78, 5) is 28.7.